The van der Waals surface area contributed by atoms with Gasteiger partial charge in [0.05, 0.1) is 0 Å². The van der Waals surface area contributed by atoms with Crippen LogP contribution in [0.2, 0.25) is 0 Å². The third kappa shape index (κ3) is 4.82. The van der Waals surface area contributed by atoms with Gasteiger partial charge in [0.1, 0.15) is 6.04 Å². The zero-order valence-corrected chi connectivity index (χ0v) is 11.3. The van der Waals surface area contributed by atoms with Gasteiger partial charge >= 0.3 is 12.0 Å². The molecule has 2 amide bonds. The second kappa shape index (κ2) is 7.67. The summed E-state index contributed by atoms with van der Waals surface area (Å²) in [6, 6.07) is -1.32. The number of carboxylic acid groups (broad SMARTS) is 1. The second-order valence-electron chi connectivity index (χ2n) is 4.98. The molecule has 1 rings (SSSR count). The molecule has 5 nitrogen and oxygen atoms in total. The molecule has 3 N–H and O–H groups in total. The molecule has 0 aromatic heterocycles. The van der Waals surface area contributed by atoms with Gasteiger partial charge in [0.15, 0.2) is 0 Å². The summed E-state index contributed by atoms with van der Waals surface area (Å²) in [7, 11) is 0. The maximum Gasteiger partial charge on any atom is 0.327 e. The normalized spacial score (nSPS) is 24.0. The third-order valence-corrected chi connectivity index (χ3v) is 3.68. The molecule has 3 atom stereocenters. The molecule has 1 aliphatic rings. The van der Waals surface area contributed by atoms with Gasteiger partial charge in [0.2, 0.25) is 0 Å². The van der Waals surface area contributed by atoms with Gasteiger partial charge in [-0.15, -0.1) is 12.3 Å². The monoisotopic (exact) mass is 266 g/mol. The Kier molecular flexibility index (Phi) is 6.20. The molecule has 1 fully saturated rings. The molecule has 106 valence electrons. The minimum absolute atomic E-state index is 0.00930. The first kappa shape index (κ1) is 15.4. The SMILES string of the molecule is C#CCC(NC(=O)NC1CCCCC1CC)C(=O)O. The van der Waals surface area contributed by atoms with Crippen LogP contribution in [0.3, 0.4) is 0 Å². The van der Waals surface area contributed by atoms with Crippen molar-refractivity contribution < 1.29 is 14.7 Å². The Labute approximate surface area is 114 Å². The molecule has 0 heterocycles. The number of nitrogens with one attached hydrogen (secondary N) is 2. The average molecular weight is 266 g/mol. The average Bonchev–Trinajstić information content (AvgIpc) is 2.38. The highest BCUT2D eigenvalue weighted by Gasteiger charge is 2.26. The number of carboxylic acids is 1. The number of aliphatic carboxylic acids is 1. The lowest BCUT2D eigenvalue weighted by molar-refractivity contribution is -0.139. The Bertz CT molecular complexity index is 362. The second-order valence-corrected chi connectivity index (χ2v) is 4.98. The fourth-order valence-corrected chi connectivity index (χ4v) is 2.57. The van der Waals surface area contributed by atoms with Crippen LogP contribution in [0.25, 0.3) is 0 Å². The summed E-state index contributed by atoms with van der Waals surface area (Å²) >= 11 is 0. The van der Waals surface area contributed by atoms with Crippen molar-refractivity contribution in [1.29, 1.82) is 0 Å². The number of terminal acetylenes is 1. The van der Waals surface area contributed by atoms with E-state index in [9.17, 15) is 9.59 Å². The number of rotatable bonds is 5. The summed E-state index contributed by atoms with van der Waals surface area (Å²) < 4.78 is 0. The fraction of sp³-hybridized carbons (Fsp3) is 0.714. The Balaban J connectivity index is 2.49. The number of hydrogen-bond acceptors (Lipinski definition) is 2. The quantitative estimate of drug-likeness (QED) is 0.663. The molecule has 0 aromatic rings. The molecule has 0 spiro atoms. The van der Waals surface area contributed by atoms with E-state index in [1.54, 1.807) is 0 Å². The molecule has 1 saturated carbocycles. The lowest BCUT2D eigenvalue weighted by atomic mass is 9.83. The van der Waals surface area contributed by atoms with Crippen LogP contribution in [0, 0.1) is 18.3 Å². The summed E-state index contributed by atoms with van der Waals surface area (Å²) in [5.74, 6) is 1.63. The number of amides is 2. The zero-order valence-electron chi connectivity index (χ0n) is 11.3. The highest BCUT2D eigenvalue weighted by atomic mass is 16.4. The first-order valence-electron chi connectivity index (χ1n) is 6.81. The van der Waals surface area contributed by atoms with E-state index in [0.717, 1.165) is 25.7 Å². The molecule has 0 bridgehead atoms. The molecule has 3 unspecified atom stereocenters. The maximum atomic E-state index is 11.8. The van der Waals surface area contributed by atoms with Crippen molar-refractivity contribution in [3.63, 3.8) is 0 Å². The molecule has 0 aliphatic heterocycles. The van der Waals surface area contributed by atoms with E-state index in [1.165, 1.54) is 6.42 Å². The van der Waals surface area contributed by atoms with Crippen molar-refractivity contribution in [3.05, 3.63) is 0 Å². The van der Waals surface area contributed by atoms with E-state index in [0.29, 0.717) is 5.92 Å². The molecule has 0 aromatic carbocycles. The molecular formula is C14H22N2O3. The number of hydrogen-bond donors (Lipinski definition) is 3. The van der Waals surface area contributed by atoms with E-state index in [4.69, 9.17) is 11.5 Å². The fourth-order valence-electron chi connectivity index (χ4n) is 2.57. The van der Waals surface area contributed by atoms with Crippen molar-refractivity contribution in [3.8, 4) is 12.3 Å². The molecule has 5 heteroatoms. The van der Waals surface area contributed by atoms with Gasteiger partial charge in [0.25, 0.3) is 0 Å². The van der Waals surface area contributed by atoms with Crippen molar-refractivity contribution in [1.82, 2.24) is 10.6 Å². The number of carbonyl (C=O) groups excluding carboxylic acids is 1. The number of urea groups is 1. The molecular weight excluding hydrogens is 244 g/mol. The van der Waals surface area contributed by atoms with Crippen LogP contribution in [0.4, 0.5) is 4.79 Å². The summed E-state index contributed by atoms with van der Waals surface area (Å²) in [5.41, 5.74) is 0. The Morgan fingerprint density at radius 2 is 2.11 bits per heavy atom. The van der Waals surface area contributed by atoms with Crippen molar-refractivity contribution in [2.45, 2.75) is 57.5 Å². The molecule has 0 saturated heterocycles. The van der Waals surface area contributed by atoms with Gasteiger partial charge in [0, 0.05) is 12.5 Å². The van der Waals surface area contributed by atoms with Crippen molar-refractivity contribution >= 4 is 12.0 Å². The molecule has 0 radical (unpaired) electrons. The zero-order chi connectivity index (χ0) is 14.3. The number of carbonyl (C=O) groups is 2. The van der Waals surface area contributed by atoms with Gasteiger partial charge in [-0.05, 0) is 18.8 Å². The Hall–Kier alpha value is -1.70. The minimum Gasteiger partial charge on any atom is -0.480 e. The first-order valence-corrected chi connectivity index (χ1v) is 6.81. The van der Waals surface area contributed by atoms with Gasteiger partial charge in [-0.25, -0.2) is 9.59 Å². The molecule has 1 aliphatic carbocycles. The summed E-state index contributed by atoms with van der Waals surface area (Å²) in [5, 5.41) is 14.2. The summed E-state index contributed by atoms with van der Waals surface area (Å²) in [6.45, 7) is 2.11. The highest BCUT2D eigenvalue weighted by molar-refractivity contribution is 5.82. The minimum atomic E-state index is -1.11. The third-order valence-electron chi connectivity index (χ3n) is 3.68. The van der Waals surface area contributed by atoms with E-state index >= 15 is 0 Å². The topological polar surface area (TPSA) is 78.4 Å². The lowest BCUT2D eigenvalue weighted by Gasteiger charge is -2.31. The van der Waals surface area contributed by atoms with Crippen LogP contribution in [0.1, 0.15) is 45.4 Å². The summed E-state index contributed by atoms with van der Waals surface area (Å²) in [4.78, 5) is 22.7. The maximum absolute atomic E-state index is 11.8. The van der Waals surface area contributed by atoms with Crippen LogP contribution < -0.4 is 10.6 Å². The Morgan fingerprint density at radius 1 is 1.42 bits per heavy atom. The van der Waals surface area contributed by atoms with E-state index in [1.807, 2.05) is 0 Å². The van der Waals surface area contributed by atoms with Gasteiger partial charge in [-0.1, -0.05) is 26.2 Å². The van der Waals surface area contributed by atoms with E-state index in [-0.39, 0.29) is 12.5 Å². The summed E-state index contributed by atoms with van der Waals surface area (Å²) in [6.07, 6.45) is 10.5. The standard InChI is InChI=1S/C14H22N2O3/c1-3-7-12(13(17)18)16-14(19)15-11-9-6-5-8-10(11)4-2/h1,10-12H,4-9H2,2H3,(H,17,18)(H2,15,16,19). The lowest BCUT2D eigenvalue weighted by Crippen LogP contribution is -2.51. The first-order chi connectivity index (χ1) is 9.08. The van der Waals surface area contributed by atoms with Gasteiger partial charge < -0.3 is 15.7 Å². The Morgan fingerprint density at radius 3 is 2.68 bits per heavy atom. The van der Waals surface area contributed by atoms with Crippen LogP contribution in [-0.4, -0.2) is 29.2 Å². The van der Waals surface area contributed by atoms with Gasteiger partial charge in [-0.3, -0.25) is 0 Å². The van der Waals surface area contributed by atoms with Crippen molar-refractivity contribution in [2.24, 2.45) is 5.92 Å². The smallest absolute Gasteiger partial charge is 0.327 e. The van der Waals surface area contributed by atoms with E-state index < -0.39 is 18.0 Å². The van der Waals surface area contributed by atoms with Gasteiger partial charge in [-0.2, -0.15) is 0 Å². The predicted octanol–water partition coefficient (Wildman–Crippen LogP) is 1.73. The molecule has 19 heavy (non-hydrogen) atoms. The van der Waals surface area contributed by atoms with Crippen LogP contribution >= 0.6 is 0 Å². The van der Waals surface area contributed by atoms with E-state index in [2.05, 4.69) is 23.5 Å². The largest absolute Gasteiger partial charge is 0.480 e. The van der Waals surface area contributed by atoms with Crippen LogP contribution in [0.5, 0.6) is 0 Å². The van der Waals surface area contributed by atoms with Crippen molar-refractivity contribution in [2.75, 3.05) is 0 Å². The highest BCUT2D eigenvalue weighted by Crippen LogP contribution is 2.26. The van der Waals surface area contributed by atoms with Crippen LogP contribution in [0.15, 0.2) is 0 Å². The predicted molar refractivity (Wildman–Crippen MR) is 72.6 cm³/mol. The van der Waals surface area contributed by atoms with Crippen LogP contribution in [-0.2, 0) is 4.79 Å².